The molecule has 26 heavy (non-hydrogen) atoms. The Labute approximate surface area is 144 Å². The first-order chi connectivity index (χ1) is 11.8. The molecule has 1 fully saturated rings. The molecule has 2 aliphatic carbocycles. The fourth-order valence-electron chi connectivity index (χ4n) is 2.68. The first-order valence-electron chi connectivity index (χ1n) is 7.04. The summed E-state index contributed by atoms with van der Waals surface area (Å²) in [5, 5.41) is 28.1. The highest BCUT2D eigenvalue weighted by Gasteiger charge is 2.60. The van der Waals surface area contributed by atoms with E-state index in [4.69, 9.17) is 31.7 Å². The van der Waals surface area contributed by atoms with Crippen LogP contribution in [0.4, 0.5) is 13.2 Å². The van der Waals surface area contributed by atoms with Crippen molar-refractivity contribution in [3.05, 3.63) is 22.9 Å². The number of primary amides is 1. The Morgan fingerprint density at radius 2 is 1.73 bits per heavy atom. The number of carboxylic acid groups (broad SMARTS) is 2. The van der Waals surface area contributed by atoms with Crippen molar-refractivity contribution in [1.29, 1.82) is 0 Å². The summed E-state index contributed by atoms with van der Waals surface area (Å²) >= 11 is 0. The third-order valence-electron chi connectivity index (χ3n) is 4.02. The van der Waals surface area contributed by atoms with E-state index in [1.54, 1.807) is 13.0 Å². The number of aliphatic carboxylic acids is 2. The van der Waals surface area contributed by atoms with Crippen molar-refractivity contribution in [3.8, 4) is 0 Å². The molecule has 7 N–H and O–H groups in total. The minimum Gasteiger partial charge on any atom is -0.481 e. The van der Waals surface area contributed by atoms with Crippen molar-refractivity contribution in [2.24, 2.45) is 34.4 Å². The second kappa shape index (κ2) is 7.45. The average Bonchev–Trinajstić information content (AvgIpc) is 3.25. The van der Waals surface area contributed by atoms with E-state index >= 15 is 0 Å². The second-order valence-electron chi connectivity index (χ2n) is 5.57. The van der Waals surface area contributed by atoms with Gasteiger partial charge in [-0.2, -0.15) is 13.2 Å². The number of hydrogen-bond donors (Lipinski definition) is 5. The zero-order valence-electron chi connectivity index (χ0n) is 13.3. The maximum Gasteiger partial charge on any atom is 0.490 e. The first-order valence-corrected chi connectivity index (χ1v) is 7.04. The third kappa shape index (κ3) is 4.32. The van der Waals surface area contributed by atoms with Gasteiger partial charge in [0.1, 0.15) is 5.71 Å². The van der Waals surface area contributed by atoms with E-state index in [0.717, 1.165) is 0 Å². The summed E-state index contributed by atoms with van der Waals surface area (Å²) in [6, 6.07) is 0. The fraction of sp³-hybridized carbons (Fsp3) is 0.429. The lowest BCUT2D eigenvalue weighted by Crippen LogP contribution is -2.21. The SMILES string of the molecule is CC1=C(N)C(=NO)CC=C1[C@@H]1[C@H](C(N)=O)[C@H]1C(=O)O.O=C(O)C(F)(F)F. The van der Waals surface area contributed by atoms with E-state index in [9.17, 15) is 22.8 Å². The number of allylic oxidation sites excluding steroid dienone is 4. The molecule has 9 nitrogen and oxygen atoms in total. The van der Waals surface area contributed by atoms with Crippen LogP contribution in [0.15, 0.2) is 28.1 Å². The number of nitrogens with two attached hydrogens (primary N) is 2. The van der Waals surface area contributed by atoms with Crippen LogP contribution >= 0.6 is 0 Å². The van der Waals surface area contributed by atoms with E-state index in [2.05, 4.69) is 5.16 Å². The van der Waals surface area contributed by atoms with Gasteiger partial charge in [-0.15, -0.1) is 0 Å². The standard InChI is InChI=1S/C12H15N3O4.C2HF3O2/c1-4-5(2-3-6(15-19)10(4)13)7-8(11(14)16)9(7)12(17)18;3-2(4,5)1(6)7/h2,7-9,19H,3,13H2,1H3,(H2,14,16)(H,17,18);(H,6,7)/t7-,8+,9+;/m1./s1. The molecule has 1 amide bonds. The summed E-state index contributed by atoms with van der Waals surface area (Å²) in [4.78, 5) is 31.2. The van der Waals surface area contributed by atoms with Crippen LogP contribution in [0.25, 0.3) is 0 Å². The molecule has 0 bridgehead atoms. The number of hydrogen-bond acceptors (Lipinski definition) is 6. The van der Waals surface area contributed by atoms with Crippen molar-refractivity contribution in [2.75, 3.05) is 0 Å². The Morgan fingerprint density at radius 3 is 2.04 bits per heavy atom. The molecule has 2 aliphatic rings. The molecule has 12 heteroatoms. The molecular weight excluding hydrogens is 363 g/mol. The van der Waals surface area contributed by atoms with Crippen LogP contribution in [0.5, 0.6) is 0 Å². The van der Waals surface area contributed by atoms with Crippen LogP contribution in [0.1, 0.15) is 13.3 Å². The average molecular weight is 379 g/mol. The topological polar surface area (TPSA) is 176 Å². The minimum absolute atomic E-state index is 0.309. The predicted octanol–water partition coefficient (Wildman–Crippen LogP) is 0.445. The Balaban J connectivity index is 0.000000412. The molecule has 0 aromatic rings. The lowest BCUT2D eigenvalue weighted by atomic mass is 9.90. The van der Waals surface area contributed by atoms with Crippen molar-refractivity contribution < 1.29 is 43.0 Å². The van der Waals surface area contributed by atoms with Gasteiger partial charge in [0.25, 0.3) is 0 Å². The Kier molecular flexibility index (Phi) is 6.02. The van der Waals surface area contributed by atoms with Gasteiger partial charge in [0.05, 0.1) is 17.5 Å². The quantitative estimate of drug-likeness (QED) is 0.349. The molecule has 0 saturated heterocycles. The van der Waals surface area contributed by atoms with Gasteiger partial charge in [0.2, 0.25) is 5.91 Å². The van der Waals surface area contributed by atoms with E-state index in [1.165, 1.54) is 0 Å². The Hall–Kier alpha value is -3.05. The number of halogens is 3. The molecule has 144 valence electrons. The maximum absolute atomic E-state index is 11.3. The molecule has 0 aliphatic heterocycles. The van der Waals surface area contributed by atoms with Gasteiger partial charge in [0, 0.05) is 12.3 Å². The molecule has 0 radical (unpaired) electrons. The monoisotopic (exact) mass is 379 g/mol. The highest BCUT2D eigenvalue weighted by Crippen LogP contribution is 2.53. The molecule has 0 aromatic heterocycles. The van der Waals surface area contributed by atoms with Crippen molar-refractivity contribution >= 4 is 23.6 Å². The summed E-state index contributed by atoms with van der Waals surface area (Å²) in [5.41, 5.74) is 13.0. The largest absolute Gasteiger partial charge is 0.490 e. The van der Waals surface area contributed by atoms with Crippen molar-refractivity contribution in [2.45, 2.75) is 19.5 Å². The zero-order valence-corrected chi connectivity index (χ0v) is 13.3. The Bertz CT molecular complexity index is 706. The highest BCUT2D eigenvalue weighted by atomic mass is 19.4. The predicted molar refractivity (Wildman–Crippen MR) is 79.8 cm³/mol. The summed E-state index contributed by atoms with van der Waals surface area (Å²) in [7, 11) is 0. The number of alkyl halides is 3. The first kappa shape index (κ1) is 21.0. The van der Waals surface area contributed by atoms with Crippen molar-refractivity contribution in [3.63, 3.8) is 0 Å². The molecule has 2 rings (SSSR count). The van der Waals surface area contributed by atoms with E-state index in [1.807, 2.05) is 0 Å². The van der Waals surface area contributed by atoms with Crippen molar-refractivity contribution in [1.82, 2.24) is 0 Å². The molecule has 0 aromatic carbocycles. The summed E-state index contributed by atoms with van der Waals surface area (Å²) in [6.45, 7) is 1.71. The second-order valence-corrected chi connectivity index (χ2v) is 5.57. The van der Waals surface area contributed by atoms with Crippen LogP contribution in [0.3, 0.4) is 0 Å². The number of carbonyl (C=O) groups excluding carboxylic acids is 1. The molecular formula is C14H16F3N3O6. The van der Waals surface area contributed by atoms with Gasteiger partial charge in [-0.3, -0.25) is 9.59 Å². The fourth-order valence-corrected chi connectivity index (χ4v) is 2.68. The van der Waals surface area contributed by atoms with Crippen LogP contribution < -0.4 is 11.5 Å². The normalized spacial score (nSPS) is 26.5. The Morgan fingerprint density at radius 1 is 1.23 bits per heavy atom. The minimum atomic E-state index is -5.08. The number of nitrogens with zero attached hydrogens (tertiary/aromatic N) is 1. The third-order valence-corrected chi connectivity index (χ3v) is 4.02. The van der Waals surface area contributed by atoms with Gasteiger partial charge in [-0.1, -0.05) is 11.2 Å². The number of amides is 1. The maximum atomic E-state index is 11.3. The number of carbonyl (C=O) groups is 3. The number of carboxylic acids is 2. The summed E-state index contributed by atoms with van der Waals surface area (Å²) in [5.74, 6) is -6.34. The lowest BCUT2D eigenvalue weighted by Gasteiger charge is -2.17. The van der Waals surface area contributed by atoms with Gasteiger partial charge < -0.3 is 26.9 Å². The van der Waals surface area contributed by atoms with E-state index < -0.39 is 41.8 Å². The highest BCUT2D eigenvalue weighted by molar-refractivity contribution is 6.03. The summed E-state index contributed by atoms with van der Waals surface area (Å²) < 4.78 is 31.7. The molecule has 3 atom stereocenters. The molecule has 0 spiro atoms. The lowest BCUT2D eigenvalue weighted by molar-refractivity contribution is -0.192. The smallest absolute Gasteiger partial charge is 0.481 e. The molecule has 0 unspecified atom stereocenters. The van der Waals surface area contributed by atoms with Gasteiger partial charge >= 0.3 is 18.1 Å². The van der Waals surface area contributed by atoms with E-state index in [0.29, 0.717) is 29.0 Å². The van der Waals surface area contributed by atoms with Crippen LogP contribution in [-0.4, -0.2) is 45.2 Å². The van der Waals surface area contributed by atoms with E-state index in [-0.39, 0.29) is 0 Å². The van der Waals surface area contributed by atoms with Gasteiger partial charge in [-0.05, 0) is 18.1 Å². The van der Waals surface area contributed by atoms with Crippen LogP contribution in [0, 0.1) is 17.8 Å². The van der Waals surface area contributed by atoms with Gasteiger partial charge in [0.15, 0.2) is 0 Å². The van der Waals surface area contributed by atoms with Gasteiger partial charge in [-0.25, -0.2) is 4.79 Å². The zero-order chi connectivity index (χ0) is 20.4. The summed E-state index contributed by atoms with van der Waals surface area (Å²) in [6.07, 6.45) is -3.03. The molecule has 1 saturated carbocycles. The van der Waals surface area contributed by atoms with Crippen LogP contribution in [-0.2, 0) is 14.4 Å². The number of rotatable bonds is 3. The molecule has 0 heterocycles. The number of oxime groups is 1. The van der Waals surface area contributed by atoms with Crippen LogP contribution in [0.2, 0.25) is 0 Å².